The van der Waals surface area contributed by atoms with E-state index >= 15 is 0 Å². The van der Waals surface area contributed by atoms with Gasteiger partial charge in [0.15, 0.2) is 0 Å². The van der Waals surface area contributed by atoms with Crippen LogP contribution in [-0.2, 0) is 0 Å². The summed E-state index contributed by atoms with van der Waals surface area (Å²) >= 11 is 0. The third-order valence-corrected chi connectivity index (χ3v) is 7.46. The van der Waals surface area contributed by atoms with Crippen molar-refractivity contribution in [3.05, 3.63) is 102 Å². The van der Waals surface area contributed by atoms with Gasteiger partial charge in [-0.15, -0.1) is 0 Å². The van der Waals surface area contributed by atoms with Gasteiger partial charge in [-0.3, -0.25) is 8.80 Å². The zero-order valence-electron chi connectivity index (χ0n) is 19.0. The van der Waals surface area contributed by atoms with Crippen LogP contribution in [0, 0.1) is 13.8 Å². The first kappa shape index (κ1) is 18.1. The summed E-state index contributed by atoms with van der Waals surface area (Å²) in [4.78, 5) is 5.10. The van der Waals surface area contributed by atoms with Crippen molar-refractivity contribution >= 4 is 54.9 Å². The number of imidazole rings is 2. The molecule has 0 saturated carbocycles. The molecule has 3 nitrogen and oxygen atoms in total. The number of hydrogen-bond donors (Lipinski definition) is 0. The average molecular weight is 436 g/mol. The van der Waals surface area contributed by atoms with Gasteiger partial charge in [0.25, 0.3) is 0 Å². The van der Waals surface area contributed by atoms with Gasteiger partial charge >= 0.3 is 0 Å². The van der Waals surface area contributed by atoms with Gasteiger partial charge in [-0.05, 0) is 83.3 Å². The highest BCUT2D eigenvalue weighted by Gasteiger charge is 2.22. The first-order valence-electron chi connectivity index (χ1n) is 11.7. The summed E-state index contributed by atoms with van der Waals surface area (Å²) in [5, 5.41) is 5.08. The molecule has 3 heterocycles. The van der Waals surface area contributed by atoms with E-state index < -0.39 is 0 Å². The van der Waals surface area contributed by atoms with Crippen LogP contribution in [0.5, 0.6) is 0 Å². The fourth-order valence-corrected chi connectivity index (χ4v) is 6.00. The average Bonchev–Trinajstić information content (AvgIpc) is 3.47. The Morgan fingerprint density at radius 1 is 0.588 bits per heavy atom. The highest BCUT2D eigenvalue weighted by atomic mass is 15.2. The fraction of sp³-hybridized carbons (Fsp3) is 0.0645. The Morgan fingerprint density at radius 2 is 1.32 bits per heavy atom. The minimum atomic E-state index is 0.977. The summed E-state index contributed by atoms with van der Waals surface area (Å²) in [6.07, 6.45) is 0. The van der Waals surface area contributed by atoms with E-state index in [2.05, 4.69) is 114 Å². The molecule has 0 atom stereocenters. The molecule has 0 amide bonds. The van der Waals surface area contributed by atoms with Crippen LogP contribution in [0.1, 0.15) is 11.1 Å². The predicted molar refractivity (Wildman–Crippen MR) is 142 cm³/mol. The number of para-hydroxylation sites is 2. The summed E-state index contributed by atoms with van der Waals surface area (Å²) in [5.74, 6) is 0.977. The molecule has 0 spiro atoms. The van der Waals surface area contributed by atoms with E-state index in [-0.39, 0.29) is 0 Å². The van der Waals surface area contributed by atoms with E-state index in [9.17, 15) is 0 Å². The molecule has 0 bridgehead atoms. The Bertz CT molecular complexity index is 2070. The Morgan fingerprint density at radius 3 is 2.15 bits per heavy atom. The first-order chi connectivity index (χ1) is 16.7. The molecule has 34 heavy (non-hydrogen) atoms. The Labute approximate surface area is 195 Å². The van der Waals surface area contributed by atoms with Crippen molar-refractivity contribution in [3.8, 4) is 11.1 Å². The second kappa shape index (κ2) is 6.15. The van der Waals surface area contributed by atoms with Crippen molar-refractivity contribution in [2.45, 2.75) is 13.8 Å². The minimum Gasteiger partial charge on any atom is -0.277 e. The molecule has 160 valence electrons. The number of aromatic nitrogens is 3. The van der Waals surface area contributed by atoms with Gasteiger partial charge in [-0.25, -0.2) is 4.98 Å². The maximum absolute atomic E-state index is 5.10. The molecule has 8 rings (SSSR count). The zero-order valence-corrected chi connectivity index (χ0v) is 19.0. The van der Waals surface area contributed by atoms with Crippen LogP contribution in [-0.4, -0.2) is 13.8 Å². The Balaban J connectivity index is 1.67. The molecule has 0 radical (unpaired) electrons. The van der Waals surface area contributed by atoms with Crippen molar-refractivity contribution in [3.63, 3.8) is 0 Å². The second-order valence-corrected chi connectivity index (χ2v) is 9.45. The molecule has 0 N–H and O–H groups in total. The van der Waals surface area contributed by atoms with Gasteiger partial charge in [-0.2, -0.15) is 0 Å². The van der Waals surface area contributed by atoms with Crippen LogP contribution in [0.4, 0.5) is 0 Å². The maximum atomic E-state index is 5.10. The number of fused-ring (bicyclic) bond motifs is 9. The van der Waals surface area contributed by atoms with Crippen molar-refractivity contribution in [1.82, 2.24) is 13.8 Å². The smallest absolute Gasteiger partial charge is 0.220 e. The lowest BCUT2D eigenvalue weighted by Gasteiger charge is -2.11. The van der Waals surface area contributed by atoms with Crippen LogP contribution in [0.15, 0.2) is 91.0 Å². The van der Waals surface area contributed by atoms with Crippen LogP contribution >= 0.6 is 0 Å². The molecule has 0 aliphatic rings. The summed E-state index contributed by atoms with van der Waals surface area (Å²) in [6.45, 7) is 4.42. The molecule has 3 heteroatoms. The topological polar surface area (TPSA) is 21.7 Å². The standard InChI is InChI=1S/C31H21N3/c1-18-8-7-9-19(2)29(18)22-15-24-23-14-20-10-3-4-11-21(20)16-27(23)34-30(24)28(17-22)33-26-13-6-5-12-25(26)32-31(33)34/h3-17H,1-2H3. The third kappa shape index (κ3) is 2.14. The highest BCUT2D eigenvalue weighted by molar-refractivity contribution is 6.19. The highest BCUT2D eigenvalue weighted by Crippen LogP contribution is 2.41. The van der Waals surface area contributed by atoms with Gasteiger partial charge in [0, 0.05) is 10.8 Å². The largest absolute Gasteiger partial charge is 0.277 e. The van der Waals surface area contributed by atoms with Crippen LogP contribution in [0.2, 0.25) is 0 Å². The van der Waals surface area contributed by atoms with Crippen molar-refractivity contribution in [2.24, 2.45) is 0 Å². The Hall–Kier alpha value is -4.37. The van der Waals surface area contributed by atoms with Gasteiger partial charge in [-0.1, -0.05) is 54.6 Å². The van der Waals surface area contributed by atoms with E-state index in [1.54, 1.807) is 0 Å². The van der Waals surface area contributed by atoms with Crippen LogP contribution in [0.3, 0.4) is 0 Å². The molecule has 8 aromatic rings. The van der Waals surface area contributed by atoms with Crippen LogP contribution in [0.25, 0.3) is 66.0 Å². The number of nitrogens with zero attached hydrogens (tertiary/aromatic N) is 3. The van der Waals surface area contributed by atoms with Crippen molar-refractivity contribution in [1.29, 1.82) is 0 Å². The lowest BCUT2D eigenvalue weighted by molar-refractivity contribution is 1.22. The molecule has 0 fully saturated rings. The molecular weight excluding hydrogens is 414 g/mol. The van der Waals surface area contributed by atoms with E-state index in [4.69, 9.17) is 4.98 Å². The first-order valence-corrected chi connectivity index (χ1v) is 11.7. The van der Waals surface area contributed by atoms with Crippen LogP contribution < -0.4 is 0 Å². The molecule has 0 saturated heterocycles. The normalized spacial score (nSPS) is 12.4. The fourth-order valence-electron chi connectivity index (χ4n) is 6.00. The monoisotopic (exact) mass is 435 g/mol. The number of rotatable bonds is 1. The number of benzene rings is 5. The molecule has 0 unspecified atom stereocenters. The minimum absolute atomic E-state index is 0.977. The van der Waals surface area contributed by atoms with Gasteiger partial charge < -0.3 is 0 Å². The predicted octanol–water partition coefficient (Wildman–Crippen LogP) is 7.92. The number of aryl methyl sites for hydroxylation is 2. The van der Waals surface area contributed by atoms with Gasteiger partial charge in [0.1, 0.15) is 0 Å². The molecule has 3 aromatic heterocycles. The van der Waals surface area contributed by atoms with E-state index in [1.807, 2.05) is 0 Å². The summed E-state index contributed by atoms with van der Waals surface area (Å²) < 4.78 is 4.70. The Kier molecular flexibility index (Phi) is 3.27. The van der Waals surface area contributed by atoms with E-state index in [0.717, 1.165) is 16.8 Å². The SMILES string of the molecule is Cc1cccc(C)c1-c1cc2c3cc4ccccc4cc3n3c2c(c1)n1c2ccccc2nc13. The molecule has 0 aliphatic carbocycles. The zero-order chi connectivity index (χ0) is 22.6. The van der Waals surface area contributed by atoms with Gasteiger partial charge in [0.05, 0.1) is 27.6 Å². The summed E-state index contributed by atoms with van der Waals surface area (Å²) in [5.41, 5.74) is 11.0. The summed E-state index contributed by atoms with van der Waals surface area (Å²) in [6, 6.07) is 33.0. The van der Waals surface area contributed by atoms with E-state index in [0.29, 0.717) is 0 Å². The second-order valence-electron chi connectivity index (χ2n) is 9.45. The van der Waals surface area contributed by atoms with Gasteiger partial charge in [0.2, 0.25) is 5.78 Å². The van der Waals surface area contributed by atoms with E-state index in [1.165, 1.54) is 60.3 Å². The third-order valence-electron chi connectivity index (χ3n) is 7.46. The van der Waals surface area contributed by atoms with Crippen molar-refractivity contribution in [2.75, 3.05) is 0 Å². The van der Waals surface area contributed by atoms with Crippen molar-refractivity contribution < 1.29 is 0 Å². The lowest BCUT2D eigenvalue weighted by Crippen LogP contribution is -1.89. The maximum Gasteiger partial charge on any atom is 0.220 e. The molecular formula is C31H21N3. The molecule has 0 aliphatic heterocycles. The lowest BCUT2D eigenvalue weighted by atomic mass is 9.94. The summed E-state index contributed by atoms with van der Waals surface area (Å²) in [7, 11) is 0. The molecule has 5 aromatic carbocycles. The number of hydrogen-bond acceptors (Lipinski definition) is 1. The quantitative estimate of drug-likeness (QED) is 0.257.